The first-order chi connectivity index (χ1) is 15.0. The van der Waals surface area contributed by atoms with Crippen LogP contribution < -0.4 is 0 Å². The normalized spacial score (nSPS) is 11.7. The van der Waals surface area contributed by atoms with Crippen molar-refractivity contribution in [1.82, 2.24) is 0 Å². The molecule has 3 heteroatoms. The maximum atomic E-state index is 10.2. The van der Waals surface area contributed by atoms with Gasteiger partial charge >= 0.3 is 5.97 Å². The van der Waals surface area contributed by atoms with Gasteiger partial charge in [0.05, 0.1) is 6.10 Å². The van der Waals surface area contributed by atoms with E-state index < -0.39 is 5.97 Å². The zero-order valence-corrected chi connectivity index (χ0v) is 21.6. The Kier molecular flexibility index (Phi) is 31.0. The molecule has 0 saturated heterocycles. The molecule has 31 heavy (non-hydrogen) atoms. The molecule has 0 saturated carbocycles. The molecule has 0 aromatic carbocycles. The molecular weight excluding hydrogens is 384 g/mol. The van der Waals surface area contributed by atoms with E-state index in [9.17, 15) is 4.79 Å². The monoisotopic (exact) mass is 442 g/mol. The number of carboxylic acids is 1. The summed E-state index contributed by atoms with van der Waals surface area (Å²) in [7, 11) is 0. The van der Waals surface area contributed by atoms with Gasteiger partial charge in [-0.3, -0.25) is 4.79 Å². The van der Waals surface area contributed by atoms with Gasteiger partial charge in [-0.15, -0.1) is 0 Å². The number of aliphatic carboxylic acids is 1. The number of unbranched alkanes of at least 4 members (excludes halogenated alkanes) is 19. The maximum absolute atomic E-state index is 10.2. The Morgan fingerprint density at radius 2 is 0.839 bits per heavy atom. The lowest BCUT2D eigenvalue weighted by atomic mass is 10.0. The highest BCUT2D eigenvalue weighted by atomic mass is 16.4. The number of hydrogen-bond donors (Lipinski definition) is 2. The summed E-state index contributed by atoms with van der Waals surface area (Å²) in [5.41, 5.74) is 0. The van der Waals surface area contributed by atoms with Crippen molar-refractivity contribution in [2.24, 2.45) is 0 Å². The summed E-state index contributed by atoms with van der Waals surface area (Å²) >= 11 is 0. The second-order valence-electron chi connectivity index (χ2n) is 9.50. The molecule has 0 aliphatic carbocycles. The van der Waals surface area contributed by atoms with Crippen LogP contribution in [0.3, 0.4) is 0 Å². The Labute approximate surface area is 195 Å². The third-order valence-electron chi connectivity index (χ3n) is 5.97. The summed E-state index contributed by atoms with van der Waals surface area (Å²) < 4.78 is 0. The topological polar surface area (TPSA) is 57.5 Å². The summed E-state index contributed by atoms with van der Waals surface area (Å²) in [6.07, 6.45) is 29.0. The van der Waals surface area contributed by atoms with Crippen LogP contribution >= 0.6 is 0 Å². The van der Waals surface area contributed by atoms with Crippen molar-refractivity contribution in [2.75, 3.05) is 0 Å². The summed E-state index contributed by atoms with van der Waals surface area (Å²) in [4.78, 5) is 10.2. The minimum Gasteiger partial charge on any atom is -0.481 e. The number of aliphatic hydroxyl groups excluding tert-OH is 1. The second kappa shape index (κ2) is 29.4. The van der Waals surface area contributed by atoms with Gasteiger partial charge in [0.1, 0.15) is 0 Å². The molecule has 0 radical (unpaired) electrons. The number of aliphatic hydroxyl groups is 1. The minimum atomic E-state index is -0.659. The highest BCUT2D eigenvalue weighted by molar-refractivity contribution is 5.66. The molecule has 0 bridgehead atoms. The van der Waals surface area contributed by atoms with Crippen molar-refractivity contribution in [1.29, 1.82) is 0 Å². The average Bonchev–Trinajstić information content (AvgIpc) is 2.73. The highest BCUT2D eigenvalue weighted by Gasteiger charge is 1.97. The van der Waals surface area contributed by atoms with Gasteiger partial charge in [0.15, 0.2) is 0 Å². The molecular formula is C28H58O3. The smallest absolute Gasteiger partial charge is 0.303 e. The first-order valence-corrected chi connectivity index (χ1v) is 13.9. The van der Waals surface area contributed by atoms with Gasteiger partial charge in [-0.2, -0.15) is 0 Å². The van der Waals surface area contributed by atoms with Crippen molar-refractivity contribution in [3.8, 4) is 0 Å². The largest absolute Gasteiger partial charge is 0.481 e. The predicted molar refractivity (Wildman–Crippen MR) is 137 cm³/mol. The summed E-state index contributed by atoms with van der Waals surface area (Å²) in [5, 5.41) is 17.5. The van der Waals surface area contributed by atoms with Crippen LogP contribution in [0.1, 0.15) is 168 Å². The van der Waals surface area contributed by atoms with Crippen LogP contribution in [-0.2, 0) is 4.79 Å². The van der Waals surface area contributed by atoms with Gasteiger partial charge in [-0.25, -0.2) is 0 Å². The Balaban J connectivity index is 0. The van der Waals surface area contributed by atoms with E-state index in [1.165, 1.54) is 122 Å². The Morgan fingerprint density at radius 3 is 1.13 bits per heavy atom. The summed E-state index contributed by atoms with van der Waals surface area (Å²) in [5.74, 6) is -0.659. The number of rotatable bonds is 23. The van der Waals surface area contributed by atoms with Gasteiger partial charge in [-0.1, -0.05) is 142 Å². The molecule has 0 fully saturated rings. The standard InChI is InChI=1S/C16H34O.C12H24O2/c1-3-4-5-6-7-8-9-10-11-12-13-14-15-16(2)17;1-2-3-4-5-6-7-8-9-10-11-12(13)14/h16-17H,3-15H2,1-2H3;2-11H2,1H3,(H,13,14). The van der Waals surface area contributed by atoms with Gasteiger partial charge in [0.25, 0.3) is 0 Å². The van der Waals surface area contributed by atoms with Crippen LogP contribution in [0.2, 0.25) is 0 Å². The lowest BCUT2D eigenvalue weighted by molar-refractivity contribution is -0.137. The van der Waals surface area contributed by atoms with Crippen molar-refractivity contribution in [3.05, 3.63) is 0 Å². The van der Waals surface area contributed by atoms with E-state index in [2.05, 4.69) is 13.8 Å². The van der Waals surface area contributed by atoms with Crippen molar-refractivity contribution >= 4 is 5.97 Å². The minimum absolute atomic E-state index is 0.0990. The molecule has 0 aliphatic rings. The molecule has 0 aromatic rings. The molecule has 0 aliphatic heterocycles. The van der Waals surface area contributed by atoms with E-state index >= 15 is 0 Å². The molecule has 1 atom stereocenters. The third-order valence-corrected chi connectivity index (χ3v) is 5.97. The summed E-state index contributed by atoms with van der Waals surface area (Å²) in [6, 6.07) is 0. The van der Waals surface area contributed by atoms with Crippen LogP contribution in [0.4, 0.5) is 0 Å². The first kappa shape index (κ1) is 32.6. The summed E-state index contributed by atoms with van der Waals surface area (Å²) in [6.45, 7) is 6.39. The average molecular weight is 443 g/mol. The first-order valence-electron chi connectivity index (χ1n) is 13.9. The van der Waals surface area contributed by atoms with Crippen molar-refractivity contribution in [3.63, 3.8) is 0 Å². The predicted octanol–water partition coefficient (Wildman–Crippen LogP) is 9.45. The fourth-order valence-electron chi connectivity index (χ4n) is 3.87. The fraction of sp³-hybridized carbons (Fsp3) is 0.964. The number of carbonyl (C=O) groups is 1. The Hall–Kier alpha value is -0.570. The van der Waals surface area contributed by atoms with Crippen LogP contribution in [0.25, 0.3) is 0 Å². The molecule has 0 heterocycles. The Morgan fingerprint density at radius 1 is 0.548 bits per heavy atom. The van der Waals surface area contributed by atoms with E-state index in [-0.39, 0.29) is 6.10 Å². The SMILES string of the molecule is CCCCCCCCCCCC(=O)O.CCCCCCCCCCCCCCC(C)O. The highest BCUT2D eigenvalue weighted by Crippen LogP contribution is 2.13. The molecule has 188 valence electrons. The fourth-order valence-corrected chi connectivity index (χ4v) is 3.87. The van der Waals surface area contributed by atoms with Crippen LogP contribution in [-0.4, -0.2) is 22.3 Å². The molecule has 2 N–H and O–H groups in total. The van der Waals surface area contributed by atoms with E-state index in [0.717, 1.165) is 19.3 Å². The number of hydrogen-bond acceptors (Lipinski definition) is 2. The molecule has 0 spiro atoms. The molecule has 0 aromatic heterocycles. The zero-order chi connectivity index (χ0) is 23.4. The van der Waals surface area contributed by atoms with Crippen LogP contribution in [0, 0.1) is 0 Å². The maximum Gasteiger partial charge on any atom is 0.303 e. The number of carboxylic acid groups (broad SMARTS) is 1. The lowest BCUT2D eigenvalue weighted by Gasteiger charge is -2.04. The van der Waals surface area contributed by atoms with Gasteiger partial charge < -0.3 is 10.2 Å². The molecule has 1 unspecified atom stereocenters. The van der Waals surface area contributed by atoms with Crippen molar-refractivity contribution < 1.29 is 15.0 Å². The van der Waals surface area contributed by atoms with E-state index in [1.807, 2.05) is 6.92 Å². The van der Waals surface area contributed by atoms with Gasteiger partial charge in [0, 0.05) is 6.42 Å². The van der Waals surface area contributed by atoms with Crippen LogP contribution in [0.5, 0.6) is 0 Å². The zero-order valence-electron chi connectivity index (χ0n) is 21.6. The molecule has 0 amide bonds. The molecule has 3 nitrogen and oxygen atoms in total. The van der Waals surface area contributed by atoms with Gasteiger partial charge in [-0.05, 0) is 19.8 Å². The quantitative estimate of drug-likeness (QED) is 0.155. The van der Waals surface area contributed by atoms with E-state index in [0.29, 0.717) is 6.42 Å². The van der Waals surface area contributed by atoms with E-state index in [1.54, 1.807) is 0 Å². The van der Waals surface area contributed by atoms with Crippen molar-refractivity contribution in [2.45, 2.75) is 175 Å². The third kappa shape index (κ3) is 37.1. The Bertz CT molecular complexity index is 328. The van der Waals surface area contributed by atoms with Gasteiger partial charge in [0.2, 0.25) is 0 Å². The molecule has 0 rings (SSSR count). The lowest BCUT2D eigenvalue weighted by Crippen LogP contribution is -1.98. The second-order valence-corrected chi connectivity index (χ2v) is 9.50. The van der Waals surface area contributed by atoms with Crippen LogP contribution in [0.15, 0.2) is 0 Å². The van der Waals surface area contributed by atoms with E-state index in [4.69, 9.17) is 10.2 Å².